The average molecular weight is 264 g/mol. The van der Waals surface area contributed by atoms with E-state index in [4.69, 9.17) is 9.63 Å². The van der Waals surface area contributed by atoms with Crippen LogP contribution in [0.15, 0.2) is 10.6 Å². The SMILES string of the molecule is O=C(O)CN(CC1CC1)C(=O)c1cc(C2CC2)on1. The van der Waals surface area contributed by atoms with Crippen molar-refractivity contribution in [3.63, 3.8) is 0 Å². The standard InChI is InChI=1S/C13H16N2O4/c16-12(17)7-15(6-8-1-2-8)13(18)10-5-11(19-14-10)9-3-4-9/h5,8-9H,1-4,6-7H2,(H,16,17). The second-order valence-corrected chi connectivity index (χ2v) is 5.41. The van der Waals surface area contributed by atoms with Gasteiger partial charge >= 0.3 is 5.97 Å². The van der Waals surface area contributed by atoms with Gasteiger partial charge in [0, 0.05) is 18.5 Å². The first-order valence-corrected chi connectivity index (χ1v) is 6.61. The minimum Gasteiger partial charge on any atom is -0.480 e. The predicted octanol–water partition coefficient (Wildman–Crippen LogP) is 1.49. The molecule has 0 spiro atoms. The van der Waals surface area contributed by atoms with E-state index in [2.05, 4.69) is 5.16 Å². The van der Waals surface area contributed by atoms with E-state index in [9.17, 15) is 9.59 Å². The summed E-state index contributed by atoms with van der Waals surface area (Å²) in [6, 6.07) is 1.65. The van der Waals surface area contributed by atoms with Gasteiger partial charge in [0.05, 0.1) is 0 Å². The van der Waals surface area contributed by atoms with Crippen molar-refractivity contribution in [3.05, 3.63) is 17.5 Å². The first-order valence-electron chi connectivity index (χ1n) is 6.61. The smallest absolute Gasteiger partial charge is 0.323 e. The molecule has 6 nitrogen and oxygen atoms in total. The summed E-state index contributed by atoms with van der Waals surface area (Å²) in [4.78, 5) is 24.4. The number of aliphatic carboxylic acids is 1. The lowest BCUT2D eigenvalue weighted by molar-refractivity contribution is -0.137. The molecule has 6 heteroatoms. The number of hydrogen-bond donors (Lipinski definition) is 1. The van der Waals surface area contributed by atoms with E-state index in [1.165, 1.54) is 4.90 Å². The maximum absolute atomic E-state index is 12.2. The Morgan fingerprint density at radius 3 is 2.68 bits per heavy atom. The van der Waals surface area contributed by atoms with Gasteiger partial charge in [-0.2, -0.15) is 0 Å². The van der Waals surface area contributed by atoms with Gasteiger partial charge in [0.25, 0.3) is 5.91 Å². The Kier molecular flexibility index (Phi) is 3.00. The van der Waals surface area contributed by atoms with E-state index in [1.807, 2.05) is 0 Å². The first kappa shape index (κ1) is 12.2. The van der Waals surface area contributed by atoms with E-state index in [0.717, 1.165) is 31.4 Å². The van der Waals surface area contributed by atoms with Gasteiger partial charge in [-0.05, 0) is 31.6 Å². The van der Waals surface area contributed by atoms with Crippen molar-refractivity contribution in [2.45, 2.75) is 31.6 Å². The number of carbonyl (C=O) groups is 2. The summed E-state index contributed by atoms with van der Waals surface area (Å²) >= 11 is 0. The number of carbonyl (C=O) groups excluding carboxylic acids is 1. The highest BCUT2D eigenvalue weighted by Gasteiger charge is 2.32. The Hall–Kier alpha value is -1.85. The second-order valence-electron chi connectivity index (χ2n) is 5.41. The first-order chi connectivity index (χ1) is 9.13. The van der Waals surface area contributed by atoms with Crippen LogP contribution in [0.25, 0.3) is 0 Å². The van der Waals surface area contributed by atoms with Gasteiger partial charge in [-0.15, -0.1) is 0 Å². The predicted molar refractivity (Wildman–Crippen MR) is 64.7 cm³/mol. The number of amides is 1. The highest BCUT2D eigenvalue weighted by molar-refractivity contribution is 5.94. The van der Waals surface area contributed by atoms with Gasteiger partial charge in [0.2, 0.25) is 0 Å². The van der Waals surface area contributed by atoms with Crippen LogP contribution in [0, 0.1) is 5.92 Å². The fraction of sp³-hybridized carbons (Fsp3) is 0.615. The third kappa shape index (κ3) is 2.94. The van der Waals surface area contributed by atoms with Crippen LogP contribution in [-0.2, 0) is 4.79 Å². The van der Waals surface area contributed by atoms with Crippen molar-refractivity contribution in [3.8, 4) is 0 Å². The van der Waals surface area contributed by atoms with Crippen LogP contribution in [0.1, 0.15) is 47.8 Å². The molecule has 1 N–H and O–H groups in total. The summed E-state index contributed by atoms with van der Waals surface area (Å²) in [5, 5.41) is 12.7. The molecule has 19 heavy (non-hydrogen) atoms. The molecule has 0 aliphatic heterocycles. The lowest BCUT2D eigenvalue weighted by atomic mass is 10.2. The highest BCUT2D eigenvalue weighted by Crippen LogP contribution is 2.40. The summed E-state index contributed by atoms with van der Waals surface area (Å²) in [6.07, 6.45) is 4.28. The maximum atomic E-state index is 12.2. The molecule has 1 aromatic rings. The van der Waals surface area contributed by atoms with E-state index >= 15 is 0 Å². The lowest BCUT2D eigenvalue weighted by Crippen LogP contribution is -2.37. The van der Waals surface area contributed by atoms with Crippen LogP contribution in [0.3, 0.4) is 0 Å². The van der Waals surface area contributed by atoms with Crippen molar-refractivity contribution < 1.29 is 19.2 Å². The third-order valence-corrected chi connectivity index (χ3v) is 3.52. The van der Waals surface area contributed by atoms with Gasteiger partial charge in [0.15, 0.2) is 5.69 Å². The van der Waals surface area contributed by atoms with Crippen LogP contribution in [0.5, 0.6) is 0 Å². The number of hydrogen-bond acceptors (Lipinski definition) is 4. The molecular weight excluding hydrogens is 248 g/mol. The molecule has 0 aromatic carbocycles. The van der Waals surface area contributed by atoms with Gasteiger partial charge in [-0.3, -0.25) is 9.59 Å². The fourth-order valence-corrected chi connectivity index (χ4v) is 2.11. The third-order valence-electron chi connectivity index (χ3n) is 3.52. The molecule has 1 heterocycles. The Morgan fingerprint density at radius 1 is 1.37 bits per heavy atom. The molecule has 0 saturated heterocycles. The van der Waals surface area contributed by atoms with Crippen molar-refractivity contribution in [2.75, 3.05) is 13.1 Å². The molecule has 0 radical (unpaired) electrons. The molecule has 1 amide bonds. The van der Waals surface area contributed by atoms with Crippen LogP contribution in [0.4, 0.5) is 0 Å². The van der Waals surface area contributed by atoms with Crippen LogP contribution in [-0.4, -0.2) is 40.1 Å². The average Bonchev–Trinajstić information content (AvgIpc) is 3.28. The zero-order valence-corrected chi connectivity index (χ0v) is 10.5. The van der Waals surface area contributed by atoms with Crippen molar-refractivity contribution >= 4 is 11.9 Å². The minimum absolute atomic E-state index is 0.226. The van der Waals surface area contributed by atoms with E-state index in [-0.39, 0.29) is 18.1 Å². The van der Waals surface area contributed by atoms with Crippen LogP contribution < -0.4 is 0 Å². The molecule has 3 rings (SSSR count). The largest absolute Gasteiger partial charge is 0.480 e. The molecule has 0 unspecified atom stereocenters. The van der Waals surface area contributed by atoms with Crippen molar-refractivity contribution in [2.24, 2.45) is 5.92 Å². The van der Waals surface area contributed by atoms with Crippen LogP contribution in [0.2, 0.25) is 0 Å². The number of carboxylic acid groups (broad SMARTS) is 1. The Bertz CT molecular complexity index is 502. The van der Waals surface area contributed by atoms with Crippen molar-refractivity contribution in [1.82, 2.24) is 10.1 Å². The molecule has 1 aromatic heterocycles. The number of rotatable bonds is 6. The zero-order valence-electron chi connectivity index (χ0n) is 10.5. The zero-order chi connectivity index (χ0) is 13.4. The highest BCUT2D eigenvalue weighted by atomic mass is 16.5. The van der Waals surface area contributed by atoms with Gasteiger partial charge in [0.1, 0.15) is 12.3 Å². The maximum Gasteiger partial charge on any atom is 0.323 e. The normalized spacial score (nSPS) is 18.3. The van der Waals surface area contributed by atoms with E-state index in [0.29, 0.717) is 18.4 Å². The summed E-state index contributed by atoms with van der Waals surface area (Å²) in [7, 11) is 0. The van der Waals surface area contributed by atoms with E-state index in [1.54, 1.807) is 6.07 Å². The molecule has 2 aliphatic carbocycles. The summed E-state index contributed by atoms with van der Waals surface area (Å²) in [5.74, 6) is 0.235. The molecule has 2 aliphatic rings. The summed E-state index contributed by atoms with van der Waals surface area (Å²) < 4.78 is 5.14. The van der Waals surface area contributed by atoms with Gasteiger partial charge < -0.3 is 14.5 Å². The summed E-state index contributed by atoms with van der Waals surface area (Å²) in [5.41, 5.74) is 0.226. The van der Waals surface area contributed by atoms with Gasteiger partial charge in [-0.25, -0.2) is 0 Å². The molecule has 2 fully saturated rings. The van der Waals surface area contributed by atoms with Crippen LogP contribution >= 0.6 is 0 Å². The minimum atomic E-state index is -1.00. The number of nitrogens with zero attached hydrogens (tertiary/aromatic N) is 2. The van der Waals surface area contributed by atoms with E-state index < -0.39 is 5.97 Å². The Morgan fingerprint density at radius 2 is 2.11 bits per heavy atom. The number of carboxylic acids is 1. The molecular formula is C13H16N2O4. The van der Waals surface area contributed by atoms with Gasteiger partial charge in [-0.1, -0.05) is 5.16 Å². The monoisotopic (exact) mass is 264 g/mol. The molecule has 2 saturated carbocycles. The fourth-order valence-electron chi connectivity index (χ4n) is 2.11. The summed E-state index contributed by atoms with van der Waals surface area (Å²) in [6.45, 7) is 0.220. The molecule has 0 atom stereocenters. The lowest BCUT2D eigenvalue weighted by Gasteiger charge is -2.18. The topological polar surface area (TPSA) is 83.6 Å². The Labute approximate surface area is 110 Å². The van der Waals surface area contributed by atoms with Crippen molar-refractivity contribution in [1.29, 1.82) is 0 Å². The molecule has 102 valence electrons. The number of aromatic nitrogens is 1. The quantitative estimate of drug-likeness (QED) is 0.841. The Balaban J connectivity index is 1.71. The molecule has 0 bridgehead atoms. The second kappa shape index (κ2) is 4.68.